The first-order valence-corrected chi connectivity index (χ1v) is 7.97. The summed E-state index contributed by atoms with van der Waals surface area (Å²) in [6, 6.07) is 4.38. The molecule has 2 aromatic rings. The van der Waals surface area contributed by atoms with Gasteiger partial charge in [-0.1, -0.05) is 19.9 Å². The maximum absolute atomic E-state index is 4.78. The number of nitrogens with zero attached hydrogens (tertiary/aromatic N) is 2. The molecule has 0 bridgehead atoms. The van der Waals surface area contributed by atoms with Crippen LogP contribution < -0.4 is 5.32 Å². The Kier molecular flexibility index (Phi) is 4.67. The summed E-state index contributed by atoms with van der Waals surface area (Å²) in [5.74, 6) is 1.95. The number of nitrogens with one attached hydrogen (secondary N) is 1. The van der Waals surface area contributed by atoms with E-state index in [9.17, 15) is 0 Å². The Labute approximate surface area is 135 Å². The van der Waals surface area contributed by atoms with Gasteiger partial charge in [-0.25, -0.2) is 9.97 Å². The normalized spacial score (nSPS) is 11.0. The van der Waals surface area contributed by atoms with E-state index in [1.54, 1.807) is 0 Å². The molecule has 0 atom stereocenters. The van der Waals surface area contributed by atoms with E-state index < -0.39 is 0 Å². The summed E-state index contributed by atoms with van der Waals surface area (Å²) in [5, 5.41) is 3.15. The van der Waals surface area contributed by atoms with Crippen molar-refractivity contribution >= 4 is 21.7 Å². The van der Waals surface area contributed by atoms with Crippen molar-refractivity contribution in [1.82, 2.24) is 9.97 Å². The Morgan fingerprint density at radius 1 is 1.00 bits per heavy atom. The Hall–Kier alpha value is -1.42. The maximum atomic E-state index is 4.78. The molecule has 0 aliphatic carbocycles. The molecule has 2 rings (SSSR count). The van der Waals surface area contributed by atoms with Crippen molar-refractivity contribution in [3.63, 3.8) is 0 Å². The summed E-state index contributed by atoms with van der Waals surface area (Å²) >= 11 is 3.61. The maximum Gasteiger partial charge on any atom is 0.162 e. The molecule has 0 spiro atoms. The topological polar surface area (TPSA) is 37.8 Å². The van der Waals surface area contributed by atoms with E-state index in [4.69, 9.17) is 4.98 Å². The summed E-state index contributed by atoms with van der Waals surface area (Å²) in [6.45, 7) is 10.7. The zero-order chi connectivity index (χ0) is 15.7. The van der Waals surface area contributed by atoms with Gasteiger partial charge in [-0.15, -0.1) is 0 Å². The molecule has 1 aromatic heterocycles. The number of halogens is 1. The first-order chi connectivity index (χ1) is 9.85. The van der Waals surface area contributed by atoms with Crippen LogP contribution in [0.3, 0.4) is 0 Å². The van der Waals surface area contributed by atoms with Gasteiger partial charge in [0.25, 0.3) is 0 Å². The third kappa shape index (κ3) is 3.10. The average Bonchev–Trinajstić information content (AvgIpc) is 2.43. The molecular formula is C17H22BrN3. The van der Waals surface area contributed by atoms with E-state index in [0.717, 1.165) is 27.4 Å². The summed E-state index contributed by atoms with van der Waals surface area (Å²) in [5.41, 5.74) is 5.90. The fraction of sp³-hybridized carbons (Fsp3) is 0.412. The number of anilines is 1. The molecule has 0 saturated carbocycles. The van der Waals surface area contributed by atoms with E-state index in [1.807, 2.05) is 7.05 Å². The van der Waals surface area contributed by atoms with Crippen molar-refractivity contribution in [2.75, 3.05) is 12.4 Å². The van der Waals surface area contributed by atoms with Crippen LogP contribution in [0, 0.1) is 20.8 Å². The van der Waals surface area contributed by atoms with E-state index in [0.29, 0.717) is 5.92 Å². The zero-order valence-electron chi connectivity index (χ0n) is 13.5. The highest BCUT2D eigenvalue weighted by atomic mass is 79.9. The van der Waals surface area contributed by atoms with Gasteiger partial charge in [-0.3, -0.25) is 0 Å². The lowest BCUT2D eigenvalue weighted by Crippen LogP contribution is -2.05. The second-order valence-corrected chi connectivity index (χ2v) is 6.54. The van der Waals surface area contributed by atoms with Crippen molar-refractivity contribution in [3.8, 4) is 11.4 Å². The molecule has 1 aromatic carbocycles. The van der Waals surface area contributed by atoms with E-state index in [-0.39, 0.29) is 0 Å². The fourth-order valence-corrected chi connectivity index (χ4v) is 3.17. The Morgan fingerprint density at radius 2 is 1.62 bits per heavy atom. The summed E-state index contributed by atoms with van der Waals surface area (Å²) in [4.78, 5) is 9.45. The predicted octanol–water partition coefficient (Wildman–Crippen LogP) is 5.00. The second-order valence-electron chi connectivity index (χ2n) is 5.75. The van der Waals surface area contributed by atoms with Crippen LogP contribution in [-0.2, 0) is 0 Å². The molecule has 0 fully saturated rings. The van der Waals surface area contributed by atoms with Crippen LogP contribution in [0.2, 0.25) is 0 Å². The molecule has 0 unspecified atom stereocenters. The molecule has 0 aliphatic rings. The summed E-state index contributed by atoms with van der Waals surface area (Å²) < 4.78 is 0.949. The van der Waals surface area contributed by atoms with Gasteiger partial charge >= 0.3 is 0 Å². The van der Waals surface area contributed by atoms with Crippen LogP contribution >= 0.6 is 15.9 Å². The minimum atomic E-state index is 0.333. The number of aryl methyl sites for hydroxylation is 3. The van der Waals surface area contributed by atoms with Crippen LogP contribution in [0.1, 0.15) is 42.1 Å². The van der Waals surface area contributed by atoms with Crippen LogP contribution in [-0.4, -0.2) is 17.0 Å². The SMILES string of the molecule is CNc1nc(-c2cc(C)c(C)cc2C)nc(C(C)C)c1Br. The lowest BCUT2D eigenvalue weighted by molar-refractivity contribution is 0.810. The second kappa shape index (κ2) is 6.14. The van der Waals surface area contributed by atoms with E-state index >= 15 is 0 Å². The molecule has 4 heteroatoms. The van der Waals surface area contributed by atoms with Gasteiger partial charge < -0.3 is 5.32 Å². The molecule has 0 radical (unpaired) electrons. The highest BCUT2D eigenvalue weighted by Crippen LogP contribution is 2.32. The summed E-state index contributed by atoms with van der Waals surface area (Å²) in [6.07, 6.45) is 0. The number of hydrogen-bond donors (Lipinski definition) is 1. The van der Waals surface area contributed by atoms with Gasteiger partial charge in [0.1, 0.15) is 5.82 Å². The van der Waals surface area contributed by atoms with Crippen molar-refractivity contribution < 1.29 is 0 Å². The standard InChI is InChI=1S/C17H22BrN3/c1-9(2)15-14(18)17(19-6)21-16(20-15)13-8-11(4)10(3)7-12(13)5/h7-9H,1-6H3,(H,19,20,21). The molecule has 0 amide bonds. The smallest absolute Gasteiger partial charge is 0.162 e. The largest absolute Gasteiger partial charge is 0.372 e. The Morgan fingerprint density at radius 3 is 2.19 bits per heavy atom. The third-order valence-corrected chi connectivity index (χ3v) is 4.52. The molecule has 1 N–H and O–H groups in total. The van der Waals surface area contributed by atoms with Crippen molar-refractivity contribution in [3.05, 3.63) is 39.0 Å². The molecule has 21 heavy (non-hydrogen) atoms. The minimum absolute atomic E-state index is 0.333. The first-order valence-electron chi connectivity index (χ1n) is 7.18. The van der Waals surface area contributed by atoms with Gasteiger partial charge in [-0.05, 0) is 65.4 Å². The summed E-state index contributed by atoms with van der Waals surface area (Å²) in [7, 11) is 1.88. The van der Waals surface area contributed by atoms with Gasteiger partial charge in [0.05, 0.1) is 10.2 Å². The van der Waals surface area contributed by atoms with Crippen LogP contribution in [0.5, 0.6) is 0 Å². The van der Waals surface area contributed by atoms with Crippen LogP contribution in [0.15, 0.2) is 16.6 Å². The zero-order valence-corrected chi connectivity index (χ0v) is 15.1. The van der Waals surface area contributed by atoms with E-state index in [2.05, 4.69) is 73.0 Å². The number of rotatable bonds is 3. The molecule has 0 saturated heterocycles. The first kappa shape index (κ1) is 16.0. The monoisotopic (exact) mass is 347 g/mol. The Balaban J connectivity index is 2.70. The van der Waals surface area contributed by atoms with Crippen molar-refractivity contribution in [2.45, 2.75) is 40.5 Å². The van der Waals surface area contributed by atoms with Gasteiger partial charge in [0.15, 0.2) is 5.82 Å². The molecule has 0 aliphatic heterocycles. The Bertz CT molecular complexity index is 678. The number of hydrogen-bond acceptors (Lipinski definition) is 3. The lowest BCUT2D eigenvalue weighted by Gasteiger charge is -2.15. The highest BCUT2D eigenvalue weighted by molar-refractivity contribution is 9.10. The molecular weight excluding hydrogens is 326 g/mol. The van der Waals surface area contributed by atoms with Crippen LogP contribution in [0.25, 0.3) is 11.4 Å². The predicted molar refractivity (Wildman–Crippen MR) is 93.0 cm³/mol. The number of benzene rings is 1. The number of aromatic nitrogens is 2. The van der Waals surface area contributed by atoms with E-state index in [1.165, 1.54) is 16.7 Å². The van der Waals surface area contributed by atoms with Crippen LogP contribution in [0.4, 0.5) is 5.82 Å². The fourth-order valence-electron chi connectivity index (χ4n) is 2.33. The minimum Gasteiger partial charge on any atom is -0.372 e. The average molecular weight is 348 g/mol. The van der Waals surface area contributed by atoms with Crippen molar-refractivity contribution in [2.24, 2.45) is 0 Å². The van der Waals surface area contributed by atoms with Gasteiger partial charge in [-0.2, -0.15) is 0 Å². The van der Waals surface area contributed by atoms with Gasteiger partial charge in [0.2, 0.25) is 0 Å². The lowest BCUT2D eigenvalue weighted by atomic mass is 10.00. The van der Waals surface area contributed by atoms with Crippen molar-refractivity contribution in [1.29, 1.82) is 0 Å². The quantitative estimate of drug-likeness (QED) is 0.849. The highest BCUT2D eigenvalue weighted by Gasteiger charge is 2.16. The molecule has 3 nitrogen and oxygen atoms in total. The van der Waals surface area contributed by atoms with Gasteiger partial charge in [0, 0.05) is 12.6 Å². The molecule has 112 valence electrons. The third-order valence-electron chi connectivity index (χ3n) is 3.74. The molecule has 1 heterocycles.